The third-order valence-electron chi connectivity index (χ3n) is 3.38. The summed E-state index contributed by atoms with van der Waals surface area (Å²) in [5.74, 6) is -0.123. The zero-order chi connectivity index (χ0) is 15.4. The molecule has 114 valence electrons. The van der Waals surface area contributed by atoms with Crippen molar-refractivity contribution in [2.75, 3.05) is 24.1 Å². The molecule has 0 unspecified atom stereocenters. The minimum atomic E-state index is -0.232. The van der Waals surface area contributed by atoms with Crippen molar-refractivity contribution in [3.63, 3.8) is 0 Å². The molecule has 2 amide bonds. The number of piperidine rings is 1. The van der Waals surface area contributed by atoms with E-state index < -0.39 is 0 Å². The summed E-state index contributed by atoms with van der Waals surface area (Å²) >= 11 is 11.8. The van der Waals surface area contributed by atoms with Gasteiger partial charge in [-0.25, -0.2) is 0 Å². The van der Waals surface area contributed by atoms with Gasteiger partial charge < -0.3 is 16.0 Å². The van der Waals surface area contributed by atoms with Crippen LogP contribution in [0.2, 0.25) is 10.0 Å². The molecular weight excluding hydrogens is 313 g/mol. The van der Waals surface area contributed by atoms with Gasteiger partial charge in [0, 0.05) is 31.0 Å². The van der Waals surface area contributed by atoms with E-state index in [0.717, 1.165) is 19.4 Å². The number of carbonyl (C=O) groups is 2. The molecule has 0 bridgehead atoms. The SMILES string of the molecule is Nc1cc(Cl)cc(Cl)c1NC(=O)CCN1CCCCC1=O. The average molecular weight is 330 g/mol. The molecule has 0 radical (unpaired) electrons. The highest BCUT2D eigenvalue weighted by molar-refractivity contribution is 6.37. The van der Waals surface area contributed by atoms with Crippen LogP contribution in [0.1, 0.15) is 25.7 Å². The van der Waals surface area contributed by atoms with E-state index in [2.05, 4.69) is 5.32 Å². The molecule has 1 aliphatic rings. The maximum atomic E-state index is 12.0. The topological polar surface area (TPSA) is 75.4 Å². The second-order valence-corrected chi connectivity index (χ2v) is 5.83. The van der Waals surface area contributed by atoms with Crippen LogP contribution >= 0.6 is 23.2 Å². The smallest absolute Gasteiger partial charge is 0.226 e. The molecule has 1 fully saturated rings. The van der Waals surface area contributed by atoms with Gasteiger partial charge in [-0.2, -0.15) is 0 Å². The summed E-state index contributed by atoms with van der Waals surface area (Å²) in [6, 6.07) is 3.04. The highest BCUT2D eigenvalue weighted by Crippen LogP contribution is 2.32. The number of anilines is 2. The largest absolute Gasteiger partial charge is 0.397 e. The average Bonchev–Trinajstić information content (AvgIpc) is 2.42. The van der Waals surface area contributed by atoms with Crippen LogP contribution in [0.4, 0.5) is 11.4 Å². The van der Waals surface area contributed by atoms with Crippen LogP contribution in [0.25, 0.3) is 0 Å². The first-order valence-corrected chi connectivity index (χ1v) is 7.55. The van der Waals surface area contributed by atoms with Crippen molar-refractivity contribution in [3.8, 4) is 0 Å². The van der Waals surface area contributed by atoms with Gasteiger partial charge in [-0.05, 0) is 25.0 Å². The Morgan fingerprint density at radius 3 is 2.76 bits per heavy atom. The van der Waals surface area contributed by atoms with Crippen molar-refractivity contribution in [1.82, 2.24) is 4.90 Å². The Morgan fingerprint density at radius 1 is 1.33 bits per heavy atom. The molecule has 1 aromatic carbocycles. The second kappa shape index (κ2) is 7.00. The van der Waals surface area contributed by atoms with E-state index in [9.17, 15) is 9.59 Å². The summed E-state index contributed by atoms with van der Waals surface area (Å²) in [6.07, 6.45) is 2.70. The Labute approximate surface area is 133 Å². The maximum Gasteiger partial charge on any atom is 0.226 e. The standard InChI is InChI=1S/C14H17Cl2N3O2/c15-9-7-10(16)14(11(17)8-9)18-12(20)4-6-19-5-2-1-3-13(19)21/h7-8H,1-6,17H2,(H,18,20). The lowest BCUT2D eigenvalue weighted by Crippen LogP contribution is -2.37. The molecule has 0 spiro atoms. The fourth-order valence-corrected chi connectivity index (χ4v) is 2.82. The number of rotatable bonds is 4. The number of hydrogen-bond acceptors (Lipinski definition) is 3. The van der Waals surface area contributed by atoms with Crippen molar-refractivity contribution in [2.24, 2.45) is 0 Å². The van der Waals surface area contributed by atoms with Crippen molar-refractivity contribution in [2.45, 2.75) is 25.7 Å². The van der Waals surface area contributed by atoms with Crippen molar-refractivity contribution in [1.29, 1.82) is 0 Å². The predicted octanol–water partition coefficient (Wildman–Crippen LogP) is 2.92. The number of carbonyl (C=O) groups excluding carboxylic acids is 2. The van der Waals surface area contributed by atoms with Crippen LogP contribution < -0.4 is 11.1 Å². The minimum Gasteiger partial charge on any atom is -0.397 e. The molecule has 5 nitrogen and oxygen atoms in total. The Kier molecular flexibility index (Phi) is 5.31. The predicted molar refractivity (Wildman–Crippen MR) is 84.6 cm³/mol. The number of halogens is 2. The molecule has 2 rings (SSSR count). The van der Waals surface area contributed by atoms with Gasteiger partial charge in [-0.15, -0.1) is 0 Å². The molecule has 0 atom stereocenters. The van der Waals surface area contributed by atoms with Gasteiger partial charge in [-0.1, -0.05) is 23.2 Å². The third kappa shape index (κ3) is 4.25. The van der Waals surface area contributed by atoms with E-state index in [1.807, 2.05) is 0 Å². The third-order valence-corrected chi connectivity index (χ3v) is 3.90. The van der Waals surface area contributed by atoms with E-state index in [1.54, 1.807) is 4.90 Å². The molecule has 3 N–H and O–H groups in total. The molecular formula is C14H17Cl2N3O2. The van der Waals surface area contributed by atoms with Crippen molar-refractivity contribution in [3.05, 3.63) is 22.2 Å². The number of nitrogens with zero attached hydrogens (tertiary/aromatic N) is 1. The van der Waals surface area contributed by atoms with Crippen LogP contribution in [-0.4, -0.2) is 29.8 Å². The number of hydrogen-bond donors (Lipinski definition) is 2. The maximum absolute atomic E-state index is 12.0. The molecule has 7 heteroatoms. The highest BCUT2D eigenvalue weighted by Gasteiger charge is 2.19. The van der Waals surface area contributed by atoms with Crippen LogP contribution in [0.5, 0.6) is 0 Å². The van der Waals surface area contributed by atoms with Gasteiger partial charge in [0.1, 0.15) is 0 Å². The summed E-state index contributed by atoms with van der Waals surface area (Å²) in [5, 5.41) is 3.37. The van der Waals surface area contributed by atoms with Crippen LogP contribution in [0, 0.1) is 0 Å². The lowest BCUT2D eigenvalue weighted by atomic mass is 10.1. The Balaban J connectivity index is 1.91. The molecule has 1 heterocycles. The number of amides is 2. The van der Waals surface area contributed by atoms with E-state index >= 15 is 0 Å². The second-order valence-electron chi connectivity index (χ2n) is 4.99. The first-order valence-electron chi connectivity index (χ1n) is 6.79. The summed E-state index contributed by atoms with van der Waals surface area (Å²) in [7, 11) is 0. The monoisotopic (exact) mass is 329 g/mol. The zero-order valence-electron chi connectivity index (χ0n) is 11.5. The van der Waals surface area contributed by atoms with Gasteiger partial charge in [0.2, 0.25) is 11.8 Å². The van der Waals surface area contributed by atoms with Gasteiger partial charge in [0.25, 0.3) is 0 Å². The fourth-order valence-electron chi connectivity index (χ4n) is 2.26. The number of nitrogen functional groups attached to an aromatic ring is 1. The number of nitrogens with one attached hydrogen (secondary N) is 1. The summed E-state index contributed by atoms with van der Waals surface area (Å²) in [6.45, 7) is 1.13. The van der Waals surface area contributed by atoms with Crippen molar-refractivity contribution >= 4 is 46.4 Å². The first-order chi connectivity index (χ1) is 9.97. The molecule has 0 aromatic heterocycles. The summed E-state index contributed by atoms with van der Waals surface area (Å²) in [5.41, 5.74) is 6.46. The fraction of sp³-hybridized carbons (Fsp3) is 0.429. The van der Waals surface area contributed by atoms with Gasteiger partial charge in [0.05, 0.1) is 16.4 Å². The summed E-state index contributed by atoms with van der Waals surface area (Å²) < 4.78 is 0. The molecule has 1 aromatic rings. The van der Waals surface area contributed by atoms with Crippen LogP contribution in [-0.2, 0) is 9.59 Å². The Morgan fingerprint density at radius 2 is 2.10 bits per heavy atom. The molecule has 1 saturated heterocycles. The number of benzene rings is 1. The summed E-state index contributed by atoms with van der Waals surface area (Å²) in [4.78, 5) is 25.3. The quantitative estimate of drug-likeness (QED) is 0.834. The number of nitrogens with two attached hydrogens (primary N) is 1. The van der Waals surface area contributed by atoms with Crippen LogP contribution in [0.15, 0.2) is 12.1 Å². The highest BCUT2D eigenvalue weighted by atomic mass is 35.5. The molecule has 21 heavy (non-hydrogen) atoms. The van der Waals surface area contributed by atoms with Crippen LogP contribution in [0.3, 0.4) is 0 Å². The zero-order valence-corrected chi connectivity index (χ0v) is 13.0. The molecule has 1 aliphatic heterocycles. The lowest BCUT2D eigenvalue weighted by molar-refractivity contribution is -0.133. The Bertz CT molecular complexity index is 540. The first kappa shape index (κ1) is 15.9. The normalized spacial score (nSPS) is 15.1. The van der Waals surface area contributed by atoms with Gasteiger partial charge in [-0.3, -0.25) is 9.59 Å². The van der Waals surface area contributed by atoms with Gasteiger partial charge in [0.15, 0.2) is 0 Å². The molecule has 0 saturated carbocycles. The number of likely N-dealkylation sites (tertiary alicyclic amines) is 1. The van der Waals surface area contributed by atoms with Crippen molar-refractivity contribution < 1.29 is 9.59 Å². The Hall–Kier alpha value is -1.46. The molecule has 0 aliphatic carbocycles. The van der Waals surface area contributed by atoms with E-state index in [-0.39, 0.29) is 18.2 Å². The van der Waals surface area contributed by atoms with E-state index in [4.69, 9.17) is 28.9 Å². The lowest BCUT2D eigenvalue weighted by Gasteiger charge is -2.26. The minimum absolute atomic E-state index is 0.109. The van der Waals surface area contributed by atoms with Gasteiger partial charge >= 0.3 is 0 Å². The van der Waals surface area contributed by atoms with E-state index in [0.29, 0.717) is 34.4 Å². The van der Waals surface area contributed by atoms with E-state index in [1.165, 1.54) is 12.1 Å².